The molecule has 0 saturated heterocycles. The summed E-state index contributed by atoms with van der Waals surface area (Å²) in [5.74, 6) is 0.717. The molecule has 0 amide bonds. The molecule has 0 aromatic carbocycles. The molecule has 2 rings (SSSR count). The van der Waals surface area contributed by atoms with Crippen molar-refractivity contribution in [3.8, 4) is 0 Å². The summed E-state index contributed by atoms with van der Waals surface area (Å²) >= 11 is 0. The summed E-state index contributed by atoms with van der Waals surface area (Å²) in [5, 5.41) is 20.7. The highest BCUT2D eigenvalue weighted by Gasteiger charge is 2.08. The van der Waals surface area contributed by atoms with E-state index in [1.165, 1.54) is 0 Å². The lowest BCUT2D eigenvalue weighted by molar-refractivity contribution is 0.194. The molecule has 6 heteroatoms. The summed E-state index contributed by atoms with van der Waals surface area (Å²) in [5.41, 5.74) is 1.38. The minimum atomic E-state index is -0.602. The number of aryl methyl sites for hydroxylation is 1. The number of aliphatic hydroxyl groups excluding tert-OH is 1. The van der Waals surface area contributed by atoms with Crippen molar-refractivity contribution in [3.63, 3.8) is 0 Å². The Morgan fingerprint density at radius 1 is 1.60 bits per heavy atom. The van der Waals surface area contributed by atoms with Crippen LogP contribution < -0.4 is 0 Å². The van der Waals surface area contributed by atoms with Gasteiger partial charge in [-0.1, -0.05) is 10.4 Å². The van der Waals surface area contributed by atoms with E-state index in [0.717, 1.165) is 11.5 Å². The van der Waals surface area contributed by atoms with E-state index in [1.807, 2.05) is 13.0 Å². The third kappa shape index (κ3) is 2.21. The van der Waals surface area contributed by atoms with Gasteiger partial charge >= 0.3 is 0 Å². The zero-order valence-corrected chi connectivity index (χ0v) is 8.58. The Morgan fingerprint density at radius 2 is 2.40 bits per heavy atom. The molecule has 1 unspecified atom stereocenters. The lowest BCUT2D eigenvalue weighted by Crippen LogP contribution is -1.99. The molecule has 15 heavy (non-hydrogen) atoms. The zero-order chi connectivity index (χ0) is 10.8. The first-order chi connectivity index (χ1) is 7.15. The first-order valence-electron chi connectivity index (χ1n) is 4.65. The number of nitrogens with zero attached hydrogens (tertiary/aromatic N) is 4. The van der Waals surface area contributed by atoms with Gasteiger partial charge in [0.15, 0.2) is 5.76 Å². The molecular weight excluding hydrogens is 196 g/mol. The van der Waals surface area contributed by atoms with Crippen molar-refractivity contribution >= 4 is 0 Å². The summed E-state index contributed by atoms with van der Waals surface area (Å²) in [6.45, 7) is 3.98. The van der Waals surface area contributed by atoms with E-state index in [4.69, 9.17) is 4.52 Å². The summed E-state index contributed by atoms with van der Waals surface area (Å²) in [6, 6.07) is 1.84. The lowest BCUT2D eigenvalue weighted by Gasteiger charge is -1.95. The highest BCUT2D eigenvalue weighted by atomic mass is 16.5. The fourth-order valence-electron chi connectivity index (χ4n) is 1.23. The Kier molecular flexibility index (Phi) is 2.51. The normalized spacial score (nSPS) is 13.0. The van der Waals surface area contributed by atoms with Gasteiger partial charge in [-0.05, 0) is 13.8 Å². The monoisotopic (exact) mass is 208 g/mol. The third-order valence-corrected chi connectivity index (χ3v) is 1.98. The summed E-state index contributed by atoms with van der Waals surface area (Å²) in [7, 11) is 0. The molecule has 0 fully saturated rings. The average molecular weight is 208 g/mol. The van der Waals surface area contributed by atoms with Gasteiger partial charge in [0.25, 0.3) is 0 Å². The fraction of sp³-hybridized carbons (Fsp3) is 0.444. The van der Waals surface area contributed by atoms with Crippen LogP contribution in [0.25, 0.3) is 0 Å². The molecule has 0 aliphatic rings. The topological polar surface area (TPSA) is 77.0 Å². The fourth-order valence-corrected chi connectivity index (χ4v) is 1.23. The highest BCUT2D eigenvalue weighted by Crippen LogP contribution is 2.08. The Bertz CT molecular complexity index is 446. The Hall–Kier alpha value is -1.69. The van der Waals surface area contributed by atoms with E-state index >= 15 is 0 Å². The smallest absolute Gasteiger partial charge is 0.158 e. The van der Waals surface area contributed by atoms with Crippen LogP contribution in [-0.2, 0) is 6.54 Å². The molecule has 0 saturated carbocycles. The van der Waals surface area contributed by atoms with E-state index in [1.54, 1.807) is 17.8 Å². The van der Waals surface area contributed by atoms with Crippen LogP contribution >= 0.6 is 0 Å². The molecule has 6 nitrogen and oxygen atoms in total. The van der Waals surface area contributed by atoms with Crippen molar-refractivity contribution in [1.29, 1.82) is 0 Å². The predicted molar refractivity (Wildman–Crippen MR) is 51.0 cm³/mol. The highest BCUT2D eigenvalue weighted by molar-refractivity contribution is 5.04. The largest absolute Gasteiger partial charge is 0.387 e. The van der Waals surface area contributed by atoms with Crippen LogP contribution in [0.3, 0.4) is 0 Å². The number of aliphatic hydroxyl groups is 1. The molecule has 80 valence electrons. The second-order valence-corrected chi connectivity index (χ2v) is 3.45. The van der Waals surface area contributed by atoms with Crippen molar-refractivity contribution in [2.24, 2.45) is 0 Å². The van der Waals surface area contributed by atoms with Gasteiger partial charge in [0.2, 0.25) is 0 Å². The predicted octanol–water partition coefficient (Wildman–Crippen LogP) is 0.676. The van der Waals surface area contributed by atoms with Crippen LogP contribution in [0, 0.1) is 6.92 Å². The van der Waals surface area contributed by atoms with E-state index in [2.05, 4.69) is 15.5 Å². The number of hydrogen-bond donors (Lipinski definition) is 1. The third-order valence-electron chi connectivity index (χ3n) is 1.98. The van der Waals surface area contributed by atoms with Gasteiger partial charge in [-0.15, -0.1) is 5.10 Å². The maximum atomic E-state index is 9.26. The van der Waals surface area contributed by atoms with Gasteiger partial charge in [-0.25, -0.2) is 4.68 Å². The molecule has 0 radical (unpaired) electrons. The first kappa shape index (κ1) is 9.85. The summed E-state index contributed by atoms with van der Waals surface area (Å²) < 4.78 is 6.64. The Labute approximate surface area is 86.5 Å². The quantitative estimate of drug-likeness (QED) is 0.802. The Morgan fingerprint density at radius 3 is 2.93 bits per heavy atom. The Balaban J connectivity index is 2.11. The van der Waals surface area contributed by atoms with Gasteiger partial charge < -0.3 is 9.63 Å². The first-order valence-corrected chi connectivity index (χ1v) is 4.65. The summed E-state index contributed by atoms with van der Waals surface area (Å²) in [6.07, 6.45) is 1.08. The van der Waals surface area contributed by atoms with Gasteiger partial charge in [0.05, 0.1) is 18.0 Å². The van der Waals surface area contributed by atoms with Crippen LogP contribution in [0.1, 0.15) is 30.2 Å². The van der Waals surface area contributed by atoms with Crippen LogP contribution in [0.5, 0.6) is 0 Å². The van der Waals surface area contributed by atoms with Crippen molar-refractivity contribution in [2.75, 3.05) is 0 Å². The van der Waals surface area contributed by atoms with Crippen LogP contribution in [0.2, 0.25) is 0 Å². The maximum absolute atomic E-state index is 9.26. The minimum absolute atomic E-state index is 0.473. The van der Waals surface area contributed by atoms with Crippen LogP contribution in [-0.4, -0.2) is 25.3 Å². The molecule has 0 aliphatic heterocycles. The number of hydrogen-bond acceptors (Lipinski definition) is 5. The standard InChI is InChI=1S/C9H12N4O2/c1-6-3-8(15-11-6)4-13-5-9(7(2)14)10-12-13/h3,5,7,14H,4H2,1-2H3. The lowest BCUT2D eigenvalue weighted by atomic mass is 10.3. The average Bonchev–Trinajstić information content (AvgIpc) is 2.76. The molecule has 0 aliphatic carbocycles. The van der Waals surface area contributed by atoms with Crippen molar-refractivity contribution in [1.82, 2.24) is 20.2 Å². The zero-order valence-electron chi connectivity index (χ0n) is 8.58. The van der Waals surface area contributed by atoms with Crippen molar-refractivity contribution in [2.45, 2.75) is 26.5 Å². The molecule has 2 heterocycles. The van der Waals surface area contributed by atoms with E-state index in [-0.39, 0.29) is 0 Å². The van der Waals surface area contributed by atoms with Crippen LogP contribution in [0.15, 0.2) is 16.8 Å². The van der Waals surface area contributed by atoms with Gasteiger partial charge in [0, 0.05) is 6.07 Å². The number of rotatable bonds is 3. The second-order valence-electron chi connectivity index (χ2n) is 3.45. The van der Waals surface area contributed by atoms with Gasteiger partial charge in [0.1, 0.15) is 12.2 Å². The molecule has 2 aromatic heterocycles. The van der Waals surface area contributed by atoms with E-state index < -0.39 is 6.10 Å². The van der Waals surface area contributed by atoms with Crippen molar-refractivity contribution in [3.05, 3.63) is 29.4 Å². The molecule has 0 bridgehead atoms. The minimum Gasteiger partial charge on any atom is -0.387 e. The molecule has 1 atom stereocenters. The summed E-state index contributed by atoms with van der Waals surface area (Å²) in [4.78, 5) is 0. The van der Waals surface area contributed by atoms with E-state index in [0.29, 0.717) is 12.2 Å². The maximum Gasteiger partial charge on any atom is 0.158 e. The molecule has 0 spiro atoms. The van der Waals surface area contributed by atoms with Crippen molar-refractivity contribution < 1.29 is 9.63 Å². The second kappa shape index (κ2) is 3.82. The SMILES string of the molecule is Cc1cc(Cn2cc(C(C)O)nn2)on1. The molecular formula is C9H12N4O2. The van der Waals surface area contributed by atoms with E-state index in [9.17, 15) is 5.11 Å². The molecule has 1 N–H and O–H groups in total. The van der Waals surface area contributed by atoms with Crippen LogP contribution in [0.4, 0.5) is 0 Å². The van der Waals surface area contributed by atoms with Gasteiger partial charge in [-0.2, -0.15) is 0 Å². The van der Waals surface area contributed by atoms with Gasteiger partial charge in [-0.3, -0.25) is 0 Å². The number of aromatic nitrogens is 4. The molecule has 2 aromatic rings.